The Morgan fingerprint density at radius 1 is 1.17 bits per heavy atom. The van der Waals surface area contributed by atoms with Gasteiger partial charge < -0.3 is 10.1 Å². The number of anilines is 1. The van der Waals surface area contributed by atoms with Crippen LogP contribution in [0.15, 0.2) is 42.5 Å². The van der Waals surface area contributed by atoms with Gasteiger partial charge in [0.25, 0.3) is 5.69 Å². The molecule has 2 rings (SSSR count). The number of nitro groups is 1. The third-order valence-corrected chi connectivity index (χ3v) is 3.50. The summed E-state index contributed by atoms with van der Waals surface area (Å²) < 4.78 is 5.68. The summed E-state index contributed by atoms with van der Waals surface area (Å²) in [5.74, 6) is 0.685. The van der Waals surface area contributed by atoms with Crippen LogP contribution in [-0.4, -0.2) is 17.4 Å². The molecule has 0 aliphatic heterocycles. The van der Waals surface area contributed by atoms with E-state index >= 15 is 0 Å². The van der Waals surface area contributed by atoms with Crippen molar-refractivity contribution in [2.75, 3.05) is 11.9 Å². The van der Waals surface area contributed by atoms with Crippen LogP contribution in [0.2, 0.25) is 0 Å². The van der Waals surface area contributed by atoms with E-state index in [-0.39, 0.29) is 11.6 Å². The highest BCUT2D eigenvalue weighted by Crippen LogP contribution is 2.19. The maximum Gasteiger partial charge on any atom is 0.269 e. The summed E-state index contributed by atoms with van der Waals surface area (Å²) in [6, 6.07) is 11.7. The smallest absolute Gasteiger partial charge is 0.269 e. The molecule has 0 heterocycles. The number of amides is 1. The van der Waals surface area contributed by atoms with Gasteiger partial charge in [0.1, 0.15) is 5.75 Å². The zero-order valence-electron chi connectivity index (χ0n) is 13.7. The van der Waals surface area contributed by atoms with Crippen molar-refractivity contribution < 1.29 is 14.5 Å². The maximum absolute atomic E-state index is 11.9. The predicted molar refractivity (Wildman–Crippen MR) is 92.4 cm³/mol. The summed E-state index contributed by atoms with van der Waals surface area (Å²) in [5, 5.41) is 13.3. The van der Waals surface area contributed by atoms with Crippen LogP contribution < -0.4 is 10.1 Å². The lowest BCUT2D eigenvalue weighted by atomic mass is 10.1. The second kappa shape index (κ2) is 8.10. The molecule has 1 N–H and O–H groups in total. The summed E-state index contributed by atoms with van der Waals surface area (Å²) in [6.45, 7) is 4.47. The number of rotatable bonds is 7. The summed E-state index contributed by atoms with van der Waals surface area (Å²) in [4.78, 5) is 22.0. The first-order chi connectivity index (χ1) is 11.5. The lowest BCUT2D eigenvalue weighted by molar-refractivity contribution is -0.384. The van der Waals surface area contributed by atoms with Crippen molar-refractivity contribution in [2.24, 2.45) is 0 Å². The summed E-state index contributed by atoms with van der Waals surface area (Å²) in [6.07, 6.45) is 0.911. The highest BCUT2D eigenvalue weighted by molar-refractivity contribution is 5.90. The average Bonchev–Trinajstić information content (AvgIpc) is 2.53. The Labute approximate surface area is 140 Å². The van der Waals surface area contributed by atoms with Crippen molar-refractivity contribution in [1.29, 1.82) is 0 Å². The lowest BCUT2D eigenvalue weighted by Crippen LogP contribution is -2.12. The van der Waals surface area contributed by atoms with Gasteiger partial charge in [0, 0.05) is 24.2 Å². The molecule has 0 spiro atoms. The molecule has 24 heavy (non-hydrogen) atoms. The molecule has 0 aliphatic carbocycles. The minimum atomic E-state index is -0.476. The normalized spacial score (nSPS) is 10.2. The van der Waals surface area contributed by atoms with E-state index in [0.29, 0.717) is 25.1 Å². The number of non-ortho nitro benzene ring substituents is 1. The monoisotopic (exact) mass is 328 g/mol. The van der Waals surface area contributed by atoms with Crippen molar-refractivity contribution in [3.05, 3.63) is 63.7 Å². The quantitative estimate of drug-likeness (QED) is 0.473. The standard InChI is InChI=1S/C18H20N2O4/c1-13-5-10-17(14(2)12-13)24-11-3-4-18(21)19-15-6-8-16(9-7-15)20(22)23/h5-10,12H,3-4,11H2,1-2H3,(H,19,21). The van der Waals surface area contributed by atoms with Crippen molar-refractivity contribution in [2.45, 2.75) is 26.7 Å². The van der Waals surface area contributed by atoms with Crippen LogP contribution in [-0.2, 0) is 4.79 Å². The van der Waals surface area contributed by atoms with Gasteiger partial charge in [-0.1, -0.05) is 17.7 Å². The first-order valence-corrected chi connectivity index (χ1v) is 7.70. The summed E-state index contributed by atoms with van der Waals surface area (Å²) in [5.41, 5.74) is 2.79. The zero-order chi connectivity index (χ0) is 17.5. The van der Waals surface area contributed by atoms with Crippen molar-refractivity contribution in [3.8, 4) is 5.75 Å². The van der Waals surface area contributed by atoms with E-state index in [2.05, 4.69) is 11.4 Å². The van der Waals surface area contributed by atoms with Gasteiger partial charge in [0.15, 0.2) is 0 Å². The van der Waals surface area contributed by atoms with E-state index in [1.807, 2.05) is 26.0 Å². The largest absolute Gasteiger partial charge is 0.493 e. The minimum Gasteiger partial charge on any atom is -0.493 e. The molecule has 0 bridgehead atoms. The molecule has 0 aliphatic rings. The highest BCUT2D eigenvalue weighted by Gasteiger charge is 2.07. The topological polar surface area (TPSA) is 81.5 Å². The molecule has 0 unspecified atom stereocenters. The molecule has 0 saturated carbocycles. The highest BCUT2D eigenvalue weighted by atomic mass is 16.6. The van der Waals surface area contributed by atoms with Crippen molar-refractivity contribution in [3.63, 3.8) is 0 Å². The SMILES string of the molecule is Cc1ccc(OCCCC(=O)Nc2ccc([N+](=O)[O-])cc2)c(C)c1. The number of benzene rings is 2. The van der Waals surface area contributed by atoms with Crippen LogP contribution in [0.4, 0.5) is 11.4 Å². The number of hydrogen-bond acceptors (Lipinski definition) is 4. The third kappa shape index (κ3) is 5.08. The van der Waals surface area contributed by atoms with Crippen LogP contribution >= 0.6 is 0 Å². The molecule has 0 fully saturated rings. The first-order valence-electron chi connectivity index (χ1n) is 7.70. The van der Waals surface area contributed by atoms with Crippen LogP contribution in [0.5, 0.6) is 5.75 Å². The van der Waals surface area contributed by atoms with Crippen LogP contribution in [0.3, 0.4) is 0 Å². The third-order valence-electron chi connectivity index (χ3n) is 3.50. The van der Waals surface area contributed by atoms with E-state index in [9.17, 15) is 14.9 Å². The number of hydrogen-bond donors (Lipinski definition) is 1. The number of nitrogens with one attached hydrogen (secondary N) is 1. The molecule has 1 amide bonds. The zero-order valence-corrected chi connectivity index (χ0v) is 13.7. The molecule has 2 aromatic rings. The molecule has 0 aromatic heterocycles. The molecular weight excluding hydrogens is 308 g/mol. The molecule has 6 heteroatoms. The van der Waals surface area contributed by atoms with Gasteiger partial charge in [-0.05, 0) is 44.0 Å². The number of carbonyl (C=O) groups excluding carboxylic acids is 1. The molecule has 0 radical (unpaired) electrons. The Morgan fingerprint density at radius 3 is 2.50 bits per heavy atom. The lowest BCUT2D eigenvalue weighted by Gasteiger charge is -2.10. The molecule has 0 atom stereocenters. The van der Waals surface area contributed by atoms with Gasteiger partial charge in [-0.3, -0.25) is 14.9 Å². The molecule has 0 saturated heterocycles. The van der Waals surface area contributed by atoms with Crippen LogP contribution in [0.1, 0.15) is 24.0 Å². The fourth-order valence-corrected chi connectivity index (χ4v) is 2.27. The number of ether oxygens (including phenoxy) is 1. The number of nitro benzene ring substituents is 1. The van der Waals surface area contributed by atoms with E-state index in [4.69, 9.17) is 4.74 Å². The van der Waals surface area contributed by atoms with Gasteiger partial charge in [-0.2, -0.15) is 0 Å². The van der Waals surface area contributed by atoms with E-state index < -0.39 is 4.92 Å². The first kappa shape index (κ1) is 17.5. The maximum atomic E-state index is 11.9. The number of nitrogens with zero attached hydrogens (tertiary/aromatic N) is 1. The predicted octanol–water partition coefficient (Wildman–Crippen LogP) is 4.01. The summed E-state index contributed by atoms with van der Waals surface area (Å²) >= 11 is 0. The van der Waals surface area contributed by atoms with E-state index in [0.717, 1.165) is 11.3 Å². The van der Waals surface area contributed by atoms with Gasteiger partial charge in [0.05, 0.1) is 11.5 Å². The van der Waals surface area contributed by atoms with Crippen molar-refractivity contribution in [1.82, 2.24) is 0 Å². The van der Waals surface area contributed by atoms with Gasteiger partial charge in [-0.15, -0.1) is 0 Å². The number of aryl methyl sites for hydroxylation is 2. The molecule has 6 nitrogen and oxygen atoms in total. The fourth-order valence-electron chi connectivity index (χ4n) is 2.27. The second-order valence-corrected chi connectivity index (χ2v) is 5.57. The van der Waals surface area contributed by atoms with Crippen LogP contribution in [0, 0.1) is 24.0 Å². The van der Waals surface area contributed by atoms with E-state index in [1.54, 1.807) is 0 Å². The molecule has 2 aromatic carbocycles. The van der Waals surface area contributed by atoms with Crippen molar-refractivity contribution >= 4 is 17.3 Å². The van der Waals surface area contributed by atoms with Gasteiger partial charge in [0.2, 0.25) is 5.91 Å². The second-order valence-electron chi connectivity index (χ2n) is 5.57. The average molecular weight is 328 g/mol. The Hall–Kier alpha value is -2.89. The van der Waals surface area contributed by atoms with Gasteiger partial charge in [-0.25, -0.2) is 0 Å². The van der Waals surface area contributed by atoms with E-state index in [1.165, 1.54) is 29.8 Å². The summed E-state index contributed by atoms with van der Waals surface area (Å²) in [7, 11) is 0. The molecule has 126 valence electrons. The number of carbonyl (C=O) groups is 1. The minimum absolute atomic E-state index is 0.00475. The fraction of sp³-hybridized carbons (Fsp3) is 0.278. The Morgan fingerprint density at radius 2 is 1.88 bits per heavy atom. The Kier molecular flexibility index (Phi) is 5.89. The Balaban J connectivity index is 1.74. The van der Waals surface area contributed by atoms with Gasteiger partial charge >= 0.3 is 0 Å². The molecular formula is C18H20N2O4. The van der Waals surface area contributed by atoms with Crippen LogP contribution in [0.25, 0.3) is 0 Å². The Bertz CT molecular complexity index is 726.